The van der Waals surface area contributed by atoms with Crippen LogP contribution in [0.25, 0.3) is 0 Å². The summed E-state index contributed by atoms with van der Waals surface area (Å²) < 4.78 is 27.8. The summed E-state index contributed by atoms with van der Waals surface area (Å²) in [5, 5.41) is 0. The van der Waals surface area contributed by atoms with E-state index >= 15 is 0 Å². The first-order valence-corrected chi connectivity index (χ1v) is 9.49. The van der Waals surface area contributed by atoms with Gasteiger partial charge in [-0.3, -0.25) is 0 Å². The third kappa shape index (κ3) is 3.06. The van der Waals surface area contributed by atoms with Gasteiger partial charge in [-0.15, -0.1) is 0 Å². The van der Waals surface area contributed by atoms with E-state index in [2.05, 4.69) is 12.1 Å². The summed E-state index contributed by atoms with van der Waals surface area (Å²) >= 11 is 0. The van der Waals surface area contributed by atoms with Crippen LogP contribution in [0.1, 0.15) is 41.1 Å². The van der Waals surface area contributed by atoms with Crippen molar-refractivity contribution < 1.29 is 8.42 Å². The Kier molecular flexibility index (Phi) is 4.30. The highest BCUT2D eigenvalue weighted by atomic mass is 32.2. The summed E-state index contributed by atoms with van der Waals surface area (Å²) in [5.41, 5.74) is 4.40. The third-order valence-electron chi connectivity index (χ3n) is 4.75. The molecule has 0 aromatic heterocycles. The number of nitrogens with zero attached hydrogens (tertiary/aromatic N) is 1. The molecule has 0 N–H and O–H groups in total. The van der Waals surface area contributed by atoms with E-state index in [0.29, 0.717) is 11.4 Å². The Morgan fingerprint density at radius 2 is 1.65 bits per heavy atom. The molecule has 1 aliphatic rings. The molecule has 1 aliphatic heterocycles. The molecule has 0 aliphatic carbocycles. The maximum Gasteiger partial charge on any atom is 0.243 e. The summed E-state index contributed by atoms with van der Waals surface area (Å²) in [4.78, 5) is 0.402. The van der Waals surface area contributed by atoms with Crippen LogP contribution in [-0.2, 0) is 10.0 Å². The molecule has 2 aromatic carbocycles. The van der Waals surface area contributed by atoms with E-state index in [0.717, 1.165) is 29.5 Å². The molecular formula is C19H23NO2S. The second-order valence-corrected chi connectivity index (χ2v) is 8.32. The highest BCUT2D eigenvalue weighted by molar-refractivity contribution is 7.89. The fraction of sp³-hybridized carbons (Fsp3) is 0.368. The summed E-state index contributed by atoms with van der Waals surface area (Å²) in [5.74, 6) is 0. The lowest BCUT2D eigenvalue weighted by atomic mass is 10.0. The Balaban J connectivity index is 1.97. The minimum atomic E-state index is -3.45. The molecule has 0 spiro atoms. The van der Waals surface area contributed by atoms with Crippen LogP contribution in [0.5, 0.6) is 0 Å². The van der Waals surface area contributed by atoms with E-state index in [1.54, 1.807) is 16.4 Å². The maximum atomic E-state index is 13.1. The molecule has 0 bridgehead atoms. The van der Waals surface area contributed by atoms with Crippen molar-refractivity contribution in [3.8, 4) is 0 Å². The molecule has 3 nitrogen and oxygen atoms in total. The average Bonchev–Trinajstić information content (AvgIpc) is 3.01. The second kappa shape index (κ2) is 6.10. The number of rotatable bonds is 3. The fourth-order valence-electron chi connectivity index (χ4n) is 3.16. The van der Waals surface area contributed by atoms with Crippen LogP contribution in [0.2, 0.25) is 0 Å². The van der Waals surface area contributed by atoms with E-state index in [9.17, 15) is 8.42 Å². The van der Waals surface area contributed by atoms with Gasteiger partial charge >= 0.3 is 0 Å². The standard InChI is InChI=1S/C19H23NO2S/c1-14-6-9-17(10-7-14)19-5-4-12-20(19)23(21,22)18-11-8-15(2)16(3)13-18/h6-11,13,19H,4-5,12H2,1-3H3/t19-/m1/s1. The number of aryl methyl sites for hydroxylation is 3. The minimum Gasteiger partial charge on any atom is -0.207 e. The zero-order valence-electron chi connectivity index (χ0n) is 13.9. The van der Waals surface area contributed by atoms with Crippen LogP contribution in [-0.4, -0.2) is 19.3 Å². The lowest BCUT2D eigenvalue weighted by Crippen LogP contribution is -2.30. The fourth-order valence-corrected chi connectivity index (χ4v) is 4.93. The molecular weight excluding hydrogens is 306 g/mol. The van der Waals surface area contributed by atoms with Gasteiger partial charge in [-0.05, 0) is 62.4 Å². The van der Waals surface area contributed by atoms with Crippen LogP contribution >= 0.6 is 0 Å². The highest BCUT2D eigenvalue weighted by Crippen LogP contribution is 2.36. The van der Waals surface area contributed by atoms with Crippen molar-refractivity contribution in [3.05, 3.63) is 64.7 Å². The highest BCUT2D eigenvalue weighted by Gasteiger charge is 2.36. The number of benzene rings is 2. The molecule has 3 rings (SSSR count). The van der Waals surface area contributed by atoms with E-state index in [4.69, 9.17) is 0 Å². The van der Waals surface area contributed by atoms with Gasteiger partial charge < -0.3 is 0 Å². The average molecular weight is 329 g/mol. The van der Waals surface area contributed by atoms with Crippen LogP contribution in [0.15, 0.2) is 47.4 Å². The summed E-state index contributed by atoms with van der Waals surface area (Å²) in [6.07, 6.45) is 1.79. The van der Waals surface area contributed by atoms with Gasteiger partial charge in [-0.25, -0.2) is 8.42 Å². The third-order valence-corrected chi connectivity index (χ3v) is 6.65. The zero-order chi connectivity index (χ0) is 16.6. The monoisotopic (exact) mass is 329 g/mol. The van der Waals surface area contributed by atoms with Crippen molar-refractivity contribution in [2.45, 2.75) is 44.6 Å². The normalized spacial score (nSPS) is 19.2. The Bertz CT molecular complexity index is 810. The smallest absolute Gasteiger partial charge is 0.207 e. The summed E-state index contributed by atoms with van der Waals surface area (Å²) in [6.45, 7) is 6.59. The van der Waals surface area contributed by atoms with Crippen molar-refractivity contribution in [2.75, 3.05) is 6.54 Å². The number of sulfonamides is 1. The molecule has 122 valence electrons. The molecule has 4 heteroatoms. The molecule has 1 heterocycles. The Morgan fingerprint density at radius 3 is 2.30 bits per heavy atom. The van der Waals surface area contributed by atoms with E-state index in [1.165, 1.54) is 5.56 Å². The largest absolute Gasteiger partial charge is 0.243 e. The Labute approximate surface area is 139 Å². The molecule has 0 amide bonds. The van der Waals surface area contributed by atoms with Crippen molar-refractivity contribution in [3.63, 3.8) is 0 Å². The molecule has 1 atom stereocenters. The lowest BCUT2D eigenvalue weighted by molar-refractivity contribution is 0.396. The number of hydrogen-bond donors (Lipinski definition) is 0. The zero-order valence-corrected chi connectivity index (χ0v) is 14.7. The molecule has 0 saturated carbocycles. The van der Waals surface area contributed by atoms with Gasteiger partial charge in [0.2, 0.25) is 10.0 Å². The van der Waals surface area contributed by atoms with Gasteiger partial charge in [-0.1, -0.05) is 35.9 Å². The van der Waals surface area contributed by atoms with Crippen molar-refractivity contribution in [1.29, 1.82) is 0 Å². The Hall–Kier alpha value is -1.65. The van der Waals surface area contributed by atoms with E-state index < -0.39 is 10.0 Å². The van der Waals surface area contributed by atoms with Gasteiger partial charge in [-0.2, -0.15) is 4.31 Å². The Morgan fingerprint density at radius 1 is 0.957 bits per heavy atom. The summed E-state index contributed by atoms with van der Waals surface area (Å²) in [7, 11) is -3.45. The van der Waals surface area contributed by atoms with Crippen molar-refractivity contribution in [1.82, 2.24) is 4.31 Å². The minimum absolute atomic E-state index is 0.0535. The van der Waals surface area contributed by atoms with Crippen LogP contribution in [0, 0.1) is 20.8 Å². The first-order valence-electron chi connectivity index (χ1n) is 8.05. The van der Waals surface area contributed by atoms with Gasteiger partial charge in [0.15, 0.2) is 0 Å². The molecule has 0 unspecified atom stereocenters. The van der Waals surface area contributed by atoms with Gasteiger partial charge in [0, 0.05) is 6.54 Å². The first-order chi connectivity index (χ1) is 10.9. The SMILES string of the molecule is Cc1ccc([C@H]2CCCN2S(=O)(=O)c2ccc(C)c(C)c2)cc1. The van der Waals surface area contributed by atoms with Gasteiger partial charge in [0.1, 0.15) is 0 Å². The first kappa shape index (κ1) is 16.2. The molecule has 2 aromatic rings. The molecule has 1 fully saturated rings. The van der Waals surface area contributed by atoms with Crippen molar-refractivity contribution >= 4 is 10.0 Å². The predicted octanol–water partition coefficient (Wildman–Crippen LogP) is 4.14. The van der Waals surface area contributed by atoms with Crippen LogP contribution in [0.3, 0.4) is 0 Å². The van der Waals surface area contributed by atoms with Crippen LogP contribution < -0.4 is 0 Å². The van der Waals surface area contributed by atoms with Gasteiger partial charge in [0.05, 0.1) is 10.9 Å². The topological polar surface area (TPSA) is 37.4 Å². The lowest BCUT2D eigenvalue weighted by Gasteiger charge is -2.25. The summed E-state index contributed by atoms with van der Waals surface area (Å²) in [6, 6.07) is 13.5. The predicted molar refractivity (Wildman–Crippen MR) is 93.0 cm³/mol. The van der Waals surface area contributed by atoms with Crippen molar-refractivity contribution in [2.24, 2.45) is 0 Å². The second-order valence-electron chi connectivity index (χ2n) is 6.43. The maximum absolute atomic E-state index is 13.1. The van der Waals surface area contributed by atoms with Gasteiger partial charge in [0.25, 0.3) is 0 Å². The molecule has 1 saturated heterocycles. The quantitative estimate of drug-likeness (QED) is 0.849. The van der Waals surface area contributed by atoms with E-state index in [-0.39, 0.29) is 6.04 Å². The number of hydrogen-bond acceptors (Lipinski definition) is 2. The van der Waals surface area contributed by atoms with E-state index in [1.807, 2.05) is 39.0 Å². The van der Waals surface area contributed by atoms with Crippen LogP contribution in [0.4, 0.5) is 0 Å². The molecule has 0 radical (unpaired) electrons. The molecule has 23 heavy (non-hydrogen) atoms.